The van der Waals surface area contributed by atoms with Crippen LogP contribution in [0.25, 0.3) is 22.2 Å². The number of aromatic amines is 1. The first kappa shape index (κ1) is 26.4. The fourth-order valence-corrected chi connectivity index (χ4v) is 5.07. The Balaban J connectivity index is 1.25. The van der Waals surface area contributed by atoms with E-state index in [2.05, 4.69) is 31.5 Å². The van der Waals surface area contributed by atoms with Crippen molar-refractivity contribution in [2.75, 3.05) is 14.1 Å². The number of benzene rings is 2. The van der Waals surface area contributed by atoms with Crippen LogP contribution in [0.3, 0.4) is 0 Å². The summed E-state index contributed by atoms with van der Waals surface area (Å²) in [5.74, 6) is -0.284. The Morgan fingerprint density at radius 1 is 1.10 bits per heavy atom. The third kappa shape index (κ3) is 5.33. The number of oxazole rings is 1. The van der Waals surface area contributed by atoms with Gasteiger partial charge in [0.1, 0.15) is 17.7 Å². The molecule has 0 saturated heterocycles. The van der Waals surface area contributed by atoms with Crippen LogP contribution in [0, 0.1) is 6.92 Å². The number of hydrogen-bond donors (Lipinski definition) is 2. The summed E-state index contributed by atoms with van der Waals surface area (Å²) in [5, 5.41) is 11.5. The van der Waals surface area contributed by atoms with Gasteiger partial charge in [-0.3, -0.25) is 19.7 Å². The number of pyridine rings is 1. The number of H-pyrrole nitrogens is 1. The maximum atomic E-state index is 13.6. The third-order valence-corrected chi connectivity index (χ3v) is 7.39. The monoisotopic (exact) mass is 550 g/mol. The lowest BCUT2D eigenvalue weighted by atomic mass is 9.94. The molecule has 2 aromatic carbocycles. The normalized spacial score (nSPS) is 13.7. The van der Waals surface area contributed by atoms with Crippen molar-refractivity contribution in [3.05, 3.63) is 101 Å². The number of carbonyl (C=O) groups excluding carboxylic acids is 2. The molecule has 1 fully saturated rings. The van der Waals surface area contributed by atoms with E-state index in [1.54, 1.807) is 32.6 Å². The summed E-state index contributed by atoms with van der Waals surface area (Å²) >= 11 is 0. The number of aryl methyl sites for hydroxylation is 1. The molecular weight excluding hydrogens is 520 g/mol. The molecule has 10 nitrogen and oxygen atoms in total. The number of ether oxygens (including phenoxy) is 1. The van der Waals surface area contributed by atoms with Crippen molar-refractivity contribution in [1.82, 2.24) is 30.4 Å². The number of aromatic nitrogens is 4. The zero-order valence-corrected chi connectivity index (χ0v) is 23.1. The van der Waals surface area contributed by atoms with E-state index in [0.717, 1.165) is 51.7 Å². The standard InChI is InChI=1S/C31H30N6O4/c1-19-11-20(15-40-16-22-17-41-18-33-22)6-7-23(19)29(38)34-31(8-9-31)25-12-21(13-27-24(25)5-4-10-32-27)26-14-28(36-35-26)30(39)37(2)3/h4-7,10-14,17-18H,8-9,15-16H2,1-3H3,(H,34,38)(H,35,36). The Morgan fingerprint density at radius 3 is 2.68 bits per heavy atom. The highest BCUT2D eigenvalue weighted by molar-refractivity contribution is 5.98. The van der Waals surface area contributed by atoms with E-state index in [-0.39, 0.29) is 11.8 Å². The average molecular weight is 551 g/mol. The lowest BCUT2D eigenvalue weighted by molar-refractivity contribution is 0.0821. The Labute approximate surface area is 236 Å². The SMILES string of the molecule is Cc1cc(COCc2cocn2)ccc1C(=O)NC1(c2cc(-c3cc(C(=O)N(C)C)[nH]n3)cc3ncccc23)CC1. The van der Waals surface area contributed by atoms with Crippen LogP contribution in [0.15, 0.2) is 71.8 Å². The summed E-state index contributed by atoms with van der Waals surface area (Å²) in [7, 11) is 3.40. The number of nitrogens with one attached hydrogen (secondary N) is 2. The quantitative estimate of drug-likeness (QED) is 0.271. The summed E-state index contributed by atoms with van der Waals surface area (Å²) < 4.78 is 10.7. The minimum Gasteiger partial charge on any atom is -0.451 e. The molecule has 0 spiro atoms. The molecular formula is C31H30N6O4. The lowest BCUT2D eigenvalue weighted by Gasteiger charge is -2.21. The topological polar surface area (TPSA) is 126 Å². The predicted molar refractivity (Wildman–Crippen MR) is 152 cm³/mol. The Bertz CT molecular complexity index is 1740. The summed E-state index contributed by atoms with van der Waals surface area (Å²) in [5.41, 5.74) is 6.35. The largest absolute Gasteiger partial charge is 0.451 e. The van der Waals surface area contributed by atoms with Gasteiger partial charge in [-0.25, -0.2) is 4.98 Å². The first-order chi connectivity index (χ1) is 19.8. The van der Waals surface area contributed by atoms with Crippen LogP contribution in [0.5, 0.6) is 0 Å². The smallest absolute Gasteiger partial charge is 0.271 e. The van der Waals surface area contributed by atoms with Crippen molar-refractivity contribution in [2.45, 2.75) is 38.5 Å². The van der Waals surface area contributed by atoms with Crippen molar-refractivity contribution >= 4 is 22.7 Å². The van der Waals surface area contributed by atoms with E-state index in [1.165, 1.54) is 11.3 Å². The van der Waals surface area contributed by atoms with Gasteiger partial charge in [0, 0.05) is 36.8 Å². The van der Waals surface area contributed by atoms with Crippen LogP contribution in [-0.2, 0) is 23.5 Å². The third-order valence-electron chi connectivity index (χ3n) is 7.39. The number of fused-ring (bicyclic) bond motifs is 1. The Morgan fingerprint density at radius 2 is 1.95 bits per heavy atom. The van der Waals surface area contributed by atoms with E-state index in [1.807, 2.05) is 43.3 Å². The van der Waals surface area contributed by atoms with Crippen molar-refractivity contribution in [3.63, 3.8) is 0 Å². The highest BCUT2D eigenvalue weighted by Crippen LogP contribution is 2.49. The molecule has 1 aliphatic carbocycles. The minimum atomic E-state index is -0.515. The van der Waals surface area contributed by atoms with Crippen LogP contribution >= 0.6 is 0 Å². The van der Waals surface area contributed by atoms with Gasteiger partial charge in [0.05, 0.1) is 30.0 Å². The summed E-state index contributed by atoms with van der Waals surface area (Å²) in [6, 6.07) is 15.4. The van der Waals surface area contributed by atoms with Gasteiger partial charge in [0.15, 0.2) is 6.39 Å². The van der Waals surface area contributed by atoms with Crippen molar-refractivity contribution in [2.24, 2.45) is 0 Å². The molecule has 1 aliphatic rings. The zero-order valence-electron chi connectivity index (χ0n) is 23.1. The second-order valence-electron chi connectivity index (χ2n) is 10.6. The molecule has 0 aliphatic heterocycles. The van der Waals surface area contributed by atoms with E-state index < -0.39 is 5.54 Å². The molecule has 10 heteroatoms. The zero-order chi connectivity index (χ0) is 28.6. The molecule has 2 N–H and O–H groups in total. The van der Waals surface area contributed by atoms with Gasteiger partial charge >= 0.3 is 0 Å². The van der Waals surface area contributed by atoms with Crippen molar-refractivity contribution < 1.29 is 18.7 Å². The van der Waals surface area contributed by atoms with Crippen LogP contribution in [0.1, 0.15) is 56.1 Å². The predicted octanol–water partition coefficient (Wildman–Crippen LogP) is 4.76. The molecule has 2 amide bonds. The average Bonchev–Trinajstić information content (AvgIpc) is 3.33. The molecule has 0 bridgehead atoms. The lowest BCUT2D eigenvalue weighted by Crippen LogP contribution is -2.35. The summed E-state index contributed by atoms with van der Waals surface area (Å²) in [4.78, 5) is 36.1. The van der Waals surface area contributed by atoms with Gasteiger partial charge in [-0.05, 0) is 66.8 Å². The van der Waals surface area contributed by atoms with Crippen LogP contribution in [0.4, 0.5) is 0 Å². The molecule has 0 radical (unpaired) electrons. The second-order valence-corrected chi connectivity index (χ2v) is 10.6. The molecule has 0 unspecified atom stereocenters. The minimum absolute atomic E-state index is 0.129. The second kappa shape index (κ2) is 10.6. The fourth-order valence-electron chi connectivity index (χ4n) is 5.07. The van der Waals surface area contributed by atoms with Crippen molar-refractivity contribution in [3.8, 4) is 11.3 Å². The van der Waals surface area contributed by atoms with Gasteiger partial charge in [-0.2, -0.15) is 5.10 Å². The number of nitrogens with zero attached hydrogens (tertiary/aromatic N) is 4. The van der Waals surface area contributed by atoms with Crippen molar-refractivity contribution in [1.29, 1.82) is 0 Å². The molecule has 41 heavy (non-hydrogen) atoms. The fraction of sp³-hybridized carbons (Fsp3) is 0.258. The highest BCUT2D eigenvalue weighted by Gasteiger charge is 2.47. The van der Waals surface area contributed by atoms with Gasteiger partial charge < -0.3 is 19.4 Å². The maximum Gasteiger partial charge on any atom is 0.271 e. The highest BCUT2D eigenvalue weighted by atomic mass is 16.5. The summed E-state index contributed by atoms with van der Waals surface area (Å²) in [6.07, 6.45) is 6.30. The summed E-state index contributed by atoms with van der Waals surface area (Å²) in [6.45, 7) is 2.69. The van der Waals surface area contributed by atoms with E-state index in [4.69, 9.17) is 9.15 Å². The van der Waals surface area contributed by atoms with Gasteiger partial charge in [-0.15, -0.1) is 0 Å². The van der Waals surface area contributed by atoms with Gasteiger partial charge in [-0.1, -0.05) is 18.2 Å². The van der Waals surface area contributed by atoms with E-state index >= 15 is 0 Å². The van der Waals surface area contributed by atoms with E-state index in [9.17, 15) is 9.59 Å². The molecule has 3 aromatic heterocycles. The molecule has 6 rings (SSSR count). The first-order valence-corrected chi connectivity index (χ1v) is 13.4. The molecule has 3 heterocycles. The molecule has 208 valence electrons. The first-order valence-electron chi connectivity index (χ1n) is 13.4. The Kier molecular flexibility index (Phi) is 6.84. The Hall–Kier alpha value is -4.83. The number of carbonyl (C=O) groups is 2. The van der Waals surface area contributed by atoms with Crippen LogP contribution < -0.4 is 5.32 Å². The van der Waals surface area contributed by atoms with Gasteiger partial charge in [0.2, 0.25) is 0 Å². The number of rotatable bonds is 9. The molecule has 0 atom stereocenters. The van der Waals surface area contributed by atoms with Gasteiger partial charge in [0.25, 0.3) is 11.8 Å². The number of amides is 2. The van der Waals surface area contributed by atoms with Crippen LogP contribution in [-0.4, -0.2) is 51.0 Å². The maximum absolute atomic E-state index is 13.6. The van der Waals surface area contributed by atoms with E-state index in [0.29, 0.717) is 30.2 Å². The number of hydrogen-bond acceptors (Lipinski definition) is 7. The molecule has 1 saturated carbocycles. The molecule has 5 aromatic rings. The van der Waals surface area contributed by atoms with Crippen LogP contribution in [0.2, 0.25) is 0 Å².